The highest BCUT2D eigenvalue weighted by molar-refractivity contribution is 7.11. The van der Waals surface area contributed by atoms with Crippen LogP contribution in [0, 0.1) is 11.8 Å². The molecule has 0 aromatic carbocycles. The van der Waals surface area contributed by atoms with Crippen LogP contribution in [-0.4, -0.2) is 27.3 Å². The van der Waals surface area contributed by atoms with E-state index in [9.17, 15) is 4.79 Å². The summed E-state index contributed by atoms with van der Waals surface area (Å²) in [6.07, 6.45) is 3.45. The van der Waals surface area contributed by atoms with Crippen molar-refractivity contribution in [2.24, 2.45) is 7.05 Å². The first-order chi connectivity index (χ1) is 8.70. The number of hydrogen-bond acceptors (Lipinski definition) is 5. The SMILES string of the molecule is CCOC(=O)c1scnc1C#Cc1cnn(C)c1. The molecule has 0 radical (unpaired) electrons. The van der Waals surface area contributed by atoms with Crippen LogP contribution in [-0.2, 0) is 11.8 Å². The maximum atomic E-state index is 11.6. The van der Waals surface area contributed by atoms with Gasteiger partial charge in [0.1, 0.15) is 10.6 Å². The second-order valence-electron chi connectivity index (χ2n) is 3.40. The van der Waals surface area contributed by atoms with Crippen LogP contribution >= 0.6 is 11.3 Å². The Morgan fingerprint density at radius 2 is 2.39 bits per heavy atom. The molecule has 5 nitrogen and oxygen atoms in total. The topological polar surface area (TPSA) is 57.0 Å². The van der Waals surface area contributed by atoms with Gasteiger partial charge in [0.25, 0.3) is 0 Å². The minimum Gasteiger partial charge on any atom is -0.462 e. The zero-order valence-electron chi connectivity index (χ0n) is 10.0. The molecule has 0 saturated carbocycles. The molecule has 0 aliphatic carbocycles. The van der Waals surface area contributed by atoms with Crippen LogP contribution in [0.4, 0.5) is 0 Å². The summed E-state index contributed by atoms with van der Waals surface area (Å²) in [5.41, 5.74) is 2.81. The summed E-state index contributed by atoms with van der Waals surface area (Å²) in [5.74, 6) is 5.39. The Hall–Kier alpha value is -2.13. The highest BCUT2D eigenvalue weighted by Gasteiger charge is 2.14. The third-order valence-corrected chi connectivity index (χ3v) is 2.86. The van der Waals surface area contributed by atoms with Crippen LogP contribution in [0.3, 0.4) is 0 Å². The number of thiazole rings is 1. The first kappa shape index (κ1) is 12.3. The molecule has 0 amide bonds. The summed E-state index contributed by atoms with van der Waals surface area (Å²) in [6.45, 7) is 2.10. The van der Waals surface area contributed by atoms with Gasteiger partial charge >= 0.3 is 5.97 Å². The van der Waals surface area contributed by atoms with E-state index in [-0.39, 0.29) is 5.97 Å². The van der Waals surface area contributed by atoms with Crippen molar-refractivity contribution >= 4 is 17.3 Å². The van der Waals surface area contributed by atoms with Gasteiger partial charge < -0.3 is 4.74 Å². The molecule has 0 fully saturated rings. The van der Waals surface area contributed by atoms with E-state index in [1.165, 1.54) is 11.3 Å². The second kappa shape index (κ2) is 5.47. The first-order valence-electron chi connectivity index (χ1n) is 5.32. The zero-order chi connectivity index (χ0) is 13.0. The molecule has 0 saturated heterocycles. The van der Waals surface area contributed by atoms with Crippen LogP contribution < -0.4 is 0 Å². The second-order valence-corrected chi connectivity index (χ2v) is 4.26. The van der Waals surface area contributed by atoms with Crippen molar-refractivity contribution in [1.82, 2.24) is 14.8 Å². The van der Waals surface area contributed by atoms with E-state index in [0.717, 1.165) is 5.56 Å². The van der Waals surface area contributed by atoms with Crippen molar-refractivity contribution < 1.29 is 9.53 Å². The molecule has 2 rings (SSSR count). The van der Waals surface area contributed by atoms with Gasteiger partial charge in [0, 0.05) is 13.2 Å². The summed E-state index contributed by atoms with van der Waals surface area (Å²) < 4.78 is 6.59. The first-order valence-corrected chi connectivity index (χ1v) is 6.20. The number of aryl methyl sites for hydroxylation is 1. The van der Waals surface area contributed by atoms with E-state index in [2.05, 4.69) is 21.9 Å². The van der Waals surface area contributed by atoms with Gasteiger partial charge in [-0.15, -0.1) is 11.3 Å². The van der Waals surface area contributed by atoms with Crippen LogP contribution in [0.5, 0.6) is 0 Å². The van der Waals surface area contributed by atoms with E-state index >= 15 is 0 Å². The van der Waals surface area contributed by atoms with E-state index in [0.29, 0.717) is 17.2 Å². The fraction of sp³-hybridized carbons (Fsp3) is 0.250. The normalized spacial score (nSPS) is 9.67. The number of nitrogens with zero attached hydrogens (tertiary/aromatic N) is 3. The summed E-state index contributed by atoms with van der Waals surface area (Å²) in [7, 11) is 1.82. The lowest BCUT2D eigenvalue weighted by Gasteiger charge is -1.97. The van der Waals surface area contributed by atoms with Crippen molar-refractivity contribution in [2.45, 2.75) is 6.92 Å². The van der Waals surface area contributed by atoms with Crippen LogP contribution in [0.25, 0.3) is 0 Å². The molecule has 2 aromatic rings. The van der Waals surface area contributed by atoms with Gasteiger partial charge in [0.05, 0.1) is 23.9 Å². The van der Waals surface area contributed by atoms with Crippen molar-refractivity contribution in [2.75, 3.05) is 6.61 Å². The van der Waals surface area contributed by atoms with Crippen molar-refractivity contribution in [3.05, 3.63) is 34.0 Å². The lowest BCUT2D eigenvalue weighted by Crippen LogP contribution is -2.04. The molecule has 0 aliphatic rings. The number of aromatic nitrogens is 3. The minimum absolute atomic E-state index is 0.339. The zero-order valence-corrected chi connectivity index (χ0v) is 10.8. The fourth-order valence-corrected chi connectivity index (χ4v) is 1.93. The Labute approximate surface area is 108 Å². The molecule has 2 aromatic heterocycles. The van der Waals surface area contributed by atoms with Crippen molar-refractivity contribution in [3.63, 3.8) is 0 Å². The van der Waals surface area contributed by atoms with Crippen molar-refractivity contribution in [3.8, 4) is 11.8 Å². The smallest absolute Gasteiger partial charge is 0.351 e. The Morgan fingerprint density at radius 1 is 1.56 bits per heavy atom. The van der Waals surface area contributed by atoms with E-state index in [1.807, 2.05) is 7.05 Å². The number of hydrogen-bond donors (Lipinski definition) is 0. The molecular weight excluding hydrogens is 250 g/mol. The quantitative estimate of drug-likeness (QED) is 0.606. The molecule has 6 heteroatoms. The Bertz CT molecular complexity index is 619. The van der Waals surface area contributed by atoms with Gasteiger partial charge in [-0.25, -0.2) is 9.78 Å². The van der Waals surface area contributed by atoms with Crippen LogP contribution in [0.1, 0.15) is 27.9 Å². The van der Waals surface area contributed by atoms with Gasteiger partial charge in [-0.2, -0.15) is 5.10 Å². The summed E-state index contributed by atoms with van der Waals surface area (Å²) in [4.78, 5) is 16.1. The Balaban J connectivity index is 2.23. The molecule has 0 bridgehead atoms. The molecule has 2 heterocycles. The van der Waals surface area contributed by atoms with Gasteiger partial charge in [-0.3, -0.25) is 4.68 Å². The highest BCUT2D eigenvalue weighted by atomic mass is 32.1. The molecule has 0 aliphatic heterocycles. The molecule has 18 heavy (non-hydrogen) atoms. The molecular formula is C12H11N3O2S. The number of ether oxygens (including phenoxy) is 1. The van der Waals surface area contributed by atoms with Crippen molar-refractivity contribution in [1.29, 1.82) is 0 Å². The van der Waals surface area contributed by atoms with Gasteiger partial charge in [0.2, 0.25) is 0 Å². The third-order valence-electron chi connectivity index (χ3n) is 2.06. The average molecular weight is 261 g/mol. The summed E-state index contributed by atoms with van der Waals surface area (Å²) in [6, 6.07) is 0. The molecule has 0 atom stereocenters. The van der Waals surface area contributed by atoms with E-state index in [1.54, 1.807) is 29.5 Å². The maximum Gasteiger partial charge on any atom is 0.351 e. The Kier molecular flexibility index (Phi) is 3.75. The maximum absolute atomic E-state index is 11.6. The number of carbonyl (C=O) groups is 1. The molecule has 0 spiro atoms. The lowest BCUT2D eigenvalue weighted by atomic mass is 10.3. The largest absolute Gasteiger partial charge is 0.462 e. The summed E-state index contributed by atoms with van der Waals surface area (Å²) >= 11 is 1.23. The van der Waals surface area contributed by atoms with Gasteiger partial charge in [-0.1, -0.05) is 5.92 Å². The van der Waals surface area contributed by atoms with Crippen LogP contribution in [0.2, 0.25) is 0 Å². The number of carbonyl (C=O) groups excluding carboxylic acids is 1. The monoisotopic (exact) mass is 261 g/mol. The minimum atomic E-state index is -0.379. The molecule has 92 valence electrons. The third kappa shape index (κ3) is 2.76. The lowest BCUT2D eigenvalue weighted by molar-refractivity contribution is 0.0531. The predicted molar refractivity (Wildman–Crippen MR) is 67.3 cm³/mol. The standard InChI is InChI=1S/C12H11N3O2S/c1-3-17-12(16)11-10(13-8-18-11)5-4-9-6-14-15(2)7-9/h6-8H,3H2,1-2H3. The molecule has 0 unspecified atom stereocenters. The van der Waals surface area contributed by atoms with Gasteiger partial charge in [-0.05, 0) is 12.8 Å². The number of rotatable bonds is 2. The Morgan fingerprint density at radius 3 is 3.06 bits per heavy atom. The summed E-state index contributed by atoms with van der Waals surface area (Å²) in [5, 5.41) is 4.01. The fourth-order valence-electron chi connectivity index (χ4n) is 1.29. The average Bonchev–Trinajstić information content (AvgIpc) is 2.95. The molecule has 0 N–H and O–H groups in total. The van der Waals surface area contributed by atoms with Gasteiger partial charge in [0.15, 0.2) is 0 Å². The predicted octanol–water partition coefficient (Wildman–Crippen LogP) is 1.45. The van der Waals surface area contributed by atoms with E-state index < -0.39 is 0 Å². The highest BCUT2D eigenvalue weighted by Crippen LogP contribution is 2.13. The van der Waals surface area contributed by atoms with Crippen LogP contribution in [0.15, 0.2) is 17.9 Å². The van der Waals surface area contributed by atoms with E-state index in [4.69, 9.17) is 4.74 Å². The number of esters is 1.